The lowest BCUT2D eigenvalue weighted by molar-refractivity contribution is -0.128. The lowest BCUT2D eigenvalue weighted by atomic mass is 10.2. The van der Waals surface area contributed by atoms with Gasteiger partial charge in [0.05, 0.1) is 6.61 Å². The van der Waals surface area contributed by atoms with Gasteiger partial charge in [-0.1, -0.05) is 0 Å². The summed E-state index contributed by atoms with van der Waals surface area (Å²) in [6, 6.07) is 7.00. The molecule has 0 radical (unpaired) electrons. The van der Waals surface area contributed by atoms with Gasteiger partial charge in [0.25, 0.3) is 11.8 Å². The van der Waals surface area contributed by atoms with Crippen molar-refractivity contribution in [3.63, 3.8) is 0 Å². The molecule has 2 amide bonds. The maximum Gasteiger partial charge on any atom is 0.254 e. The number of halogens is 1. The third kappa shape index (κ3) is 4.91. The molecule has 0 bridgehead atoms. The van der Waals surface area contributed by atoms with E-state index in [1.807, 2.05) is 0 Å². The molecule has 3 N–H and O–H groups in total. The fourth-order valence-electron chi connectivity index (χ4n) is 2.60. The SMILES string of the molecule is Cl.O=C(Nc1ccc(NC(=O)C2CNCCO2)cc1)C1CCCO1. The van der Waals surface area contributed by atoms with Crippen LogP contribution in [-0.4, -0.2) is 50.3 Å². The number of carbonyl (C=O) groups is 2. The Morgan fingerprint density at radius 2 is 1.54 bits per heavy atom. The van der Waals surface area contributed by atoms with Crippen LogP contribution in [0.15, 0.2) is 24.3 Å². The number of anilines is 2. The standard InChI is InChI=1S/C16H21N3O4.ClH/c20-15(13-2-1-8-22-13)18-11-3-5-12(6-4-11)19-16(21)14-10-17-7-9-23-14;/h3-6,13-14,17H,1-2,7-10H2,(H,18,20)(H,19,21);1H. The summed E-state index contributed by atoms with van der Waals surface area (Å²) >= 11 is 0. The highest BCUT2D eigenvalue weighted by Gasteiger charge is 2.24. The largest absolute Gasteiger partial charge is 0.368 e. The summed E-state index contributed by atoms with van der Waals surface area (Å²) in [6.07, 6.45) is 0.851. The van der Waals surface area contributed by atoms with Gasteiger partial charge in [-0.2, -0.15) is 0 Å². The molecule has 2 saturated heterocycles. The molecule has 24 heavy (non-hydrogen) atoms. The molecular weight excluding hydrogens is 334 g/mol. The van der Waals surface area contributed by atoms with Crippen molar-refractivity contribution in [1.82, 2.24) is 5.32 Å². The number of hydrogen-bond donors (Lipinski definition) is 3. The first-order valence-electron chi connectivity index (χ1n) is 7.88. The maximum absolute atomic E-state index is 12.0. The third-order valence-corrected chi connectivity index (χ3v) is 3.86. The average molecular weight is 356 g/mol. The lowest BCUT2D eigenvalue weighted by Crippen LogP contribution is -2.45. The van der Waals surface area contributed by atoms with Crippen LogP contribution in [0.4, 0.5) is 11.4 Å². The third-order valence-electron chi connectivity index (χ3n) is 3.86. The quantitative estimate of drug-likeness (QED) is 0.754. The van der Waals surface area contributed by atoms with E-state index in [1.54, 1.807) is 24.3 Å². The zero-order valence-corrected chi connectivity index (χ0v) is 14.1. The number of carbonyl (C=O) groups excluding carboxylic acids is 2. The van der Waals surface area contributed by atoms with Crippen LogP contribution in [0.25, 0.3) is 0 Å². The van der Waals surface area contributed by atoms with Crippen molar-refractivity contribution in [2.24, 2.45) is 0 Å². The molecule has 1 aromatic carbocycles. The molecule has 2 aliphatic heterocycles. The normalized spacial score (nSPS) is 23.2. The Kier molecular flexibility index (Phi) is 6.99. The van der Waals surface area contributed by atoms with Crippen molar-refractivity contribution in [2.75, 3.05) is 36.9 Å². The first-order valence-corrected chi connectivity index (χ1v) is 7.88. The van der Waals surface area contributed by atoms with Crippen LogP contribution >= 0.6 is 12.4 Å². The predicted octanol–water partition coefficient (Wildman–Crippen LogP) is 1.15. The van der Waals surface area contributed by atoms with Crippen molar-refractivity contribution < 1.29 is 19.1 Å². The van der Waals surface area contributed by atoms with E-state index in [0.29, 0.717) is 31.1 Å². The van der Waals surface area contributed by atoms with E-state index in [0.717, 1.165) is 19.4 Å². The van der Waals surface area contributed by atoms with Gasteiger partial charge < -0.3 is 25.4 Å². The van der Waals surface area contributed by atoms with Gasteiger partial charge in [0, 0.05) is 31.1 Å². The molecule has 2 aliphatic rings. The van der Waals surface area contributed by atoms with Gasteiger partial charge in [0.15, 0.2) is 0 Å². The Balaban J connectivity index is 0.00000208. The Morgan fingerprint density at radius 1 is 0.958 bits per heavy atom. The Hall–Kier alpha value is -1.67. The molecule has 0 saturated carbocycles. The molecule has 2 atom stereocenters. The smallest absolute Gasteiger partial charge is 0.254 e. The van der Waals surface area contributed by atoms with E-state index in [9.17, 15) is 9.59 Å². The van der Waals surface area contributed by atoms with E-state index < -0.39 is 6.10 Å². The van der Waals surface area contributed by atoms with Gasteiger partial charge in [-0.15, -0.1) is 12.4 Å². The van der Waals surface area contributed by atoms with Gasteiger partial charge in [-0.25, -0.2) is 0 Å². The first kappa shape index (κ1) is 18.7. The van der Waals surface area contributed by atoms with Crippen molar-refractivity contribution in [3.05, 3.63) is 24.3 Å². The van der Waals surface area contributed by atoms with Crippen LogP contribution in [0.1, 0.15) is 12.8 Å². The van der Waals surface area contributed by atoms with Gasteiger partial charge >= 0.3 is 0 Å². The summed E-state index contributed by atoms with van der Waals surface area (Å²) < 4.78 is 10.7. The molecule has 0 spiro atoms. The second-order valence-electron chi connectivity index (χ2n) is 5.62. The zero-order valence-electron chi connectivity index (χ0n) is 13.2. The lowest BCUT2D eigenvalue weighted by Gasteiger charge is -2.22. The number of ether oxygens (including phenoxy) is 2. The maximum atomic E-state index is 12.0. The molecule has 7 nitrogen and oxygen atoms in total. The minimum Gasteiger partial charge on any atom is -0.368 e. The molecule has 3 rings (SSSR count). The van der Waals surface area contributed by atoms with Crippen LogP contribution in [0.3, 0.4) is 0 Å². The summed E-state index contributed by atoms with van der Waals surface area (Å²) in [7, 11) is 0. The zero-order chi connectivity index (χ0) is 16.1. The number of benzene rings is 1. The second kappa shape index (κ2) is 8.98. The summed E-state index contributed by atoms with van der Waals surface area (Å²) in [5, 5.41) is 8.74. The predicted molar refractivity (Wildman–Crippen MR) is 92.5 cm³/mol. The fraction of sp³-hybridized carbons (Fsp3) is 0.500. The number of morpholine rings is 1. The van der Waals surface area contributed by atoms with Gasteiger partial charge in [0.2, 0.25) is 0 Å². The minimum atomic E-state index is -0.470. The van der Waals surface area contributed by atoms with Crippen LogP contribution in [-0.2, 0) is 19.1 Å². The molecule has 132 valence electrons. The van der Waals surface area contributed by atoms with Gasteiger partial charge in [0.1, 0.15) is 12.2 Å². The average Bonchev–Trinajstić information content (AvgIpc) is 3.12. The molecule has 0 aliphatic carbocycles. The summed E-state index contributed by atoms with van der Waals surface area (Å²) in [5.74, 6) is -0.297. The van der Waals surface area contributed by atoms with Crippen LogP contribution in [0.5, 0.6) is 0 Å². The highest BCUT2D eigenvalue weighted by molar-refractivity contribution is 5.96. The van der Waals surface area contributed by atoms with Crippen LogP contribution in [0.2, 0.25) is 0 Å². The molecule has 2 heterocycles. The van der Waals surface area contributed by atoms with E-state index >= 15 is 0 Å². The van der Waals surface area contributed by atoms with Crippen molar-refractivity contribution in [1.29, 1.82) is 0 Å². The summed E-state index contributed by atoms with van der Waals surface area (Å²) in [6.45, 7) is 2.46. The second-order valence-corrected chi connectivity index (χ2v) is 5.62. The number of hydrogen-bond acceptors (Lipinski definition) is 5. The number of nitrogens with one attached hydrogen (secondary N) is 3. The molecule has 2 unspecified atom stereocenters. The topological polar surface area (TPSA) is 88.7 Å². The number of rotatable bonds is 4. The van der Waals surface area contributed by atoms with Crippen molar-refractivity contribution >= 4 is 35.6 Å². The highest BCUT2D eigenvalue weighted by Crippen LogP contribution is 2.17. The van der Waals surface area contributed by atoms with Crippen LogP contribution in [0, 0.1) is 0 Å². The molecule has 2 fully saturated rings. The van der Waals surface area contributed by atoms with Crippen LogP contribution < -0.4 is 16.0 Å². The fourth-order valence-corrected chi connectivity index (χ4v) is 2.60. The summed E-state index contributed by atoms with van der Waals surface area (Å²) in [4.78, 5) is 24.0. The molecule has 1 aromatic rings. The molecule has 0 aromatic heterocycles. The Bertz CT molecular complexity index is 555. The van der Waals surface area contributed by atoms with E-state index in [1.165, 1.54) is 0 Å². The summed E-state index contributed by atoms with van der Waals surface area (Å²) in [5.41, 5.74) is 1.35. The highest BCUT2D eigenvalue weighted by atomic mass is 35.5. The Morgan fingerprint density at radius 3 is 2.04 bits per heavy atom. The molecular formula is C16H22ClN3O4. The Labute approximate surface area is 146 Å². The molecule has 8 heteroatoms. The van der Waals surface area contributed by atoms with E-state index in [2.05, 4.69) is 16.0 Å². The minimum absolute atomic E-state index is 0. The van der Waals surface area contributed by atoms with E-state index in [-0.39, 0.29) is 30.3 Å². The van der Waals surface area contributed by atoms with Gasteiger partial charge in [-0.05, 0) is 37.1 Å². The van der Waals surface area contributed by atoms with Crippen molar-refractivity contribution in [3.8, 4) is 0 Å². The van der Waals surface area contributed by atoms with E-state index in [4.69, 9.17) is 9.47 Å². The van der Waals surface area contributed by atoms with Gasteiger partial charge in [-0.3, -0.25) is 9.59 Å². The number of amides is 2. The first-order chi connectivity index (χ1) is 11.2. The monoisotopic (exact) mass is 355 g/mol. The van der Waals surface area contributed by atoms with Crippen molar-refractivity contribution in [2.45, 2.75) is 25.0 Å².